The minimum absolute atomic E-state index is 0.627. The number of hydrogen-bond acceptors (Lipinski definition) is 4. The van der Waals surface area contributed by atoms with E-state index < -0.39 is 0 Å². The minimum atomic E-state index is 0.627. The SMILES string of the molecule is C=C(C)CCOc1nc(C)ncc1CNC1CC1. The van der Waals surface area contributed by atoms with E-state index in [1.807, 2.05) is 20.0 Å². The number of rotatable bonds is 7. The van der Waals surface area contributed by atoms with E-state index in [1.165, 1.54) is 12.8 Å². The highest BCUT2D eigenvalue weighted by Crippen LogP contribution is 2.21. The van der Waals surface area contributed by atoms with E-state index in [1.54, 1.807) is 0 Å². The zero-order valence-corrected chi connectivity index (χ0v) is 11.2. The van der Waals surface area contributed by atoms with Crippen LogP contribution in [0.4, 0.5) is 0 Å². The molecule has 0 aliphatic heterocycles. The van der Waals surface area contributed by atoms with E-state index in [2.05, 4.69) is 21.9 Å². The molecule has 1 aliphatic rings. The third-order valence-corrected chi connectivity index (χ3v) is 2.87. The van der Waals surface area contributed by atoms with Crippen LogP contribution in [0.15, 0.2) is 18.3 Å². The second kappa shape index (κ2) is 5.96. The lowest BCUT2D eigenvalue weighted by molar-refractivity contribution is 0.303. The van der Waals surface area contributed by atoms with Gasteiger partial charge in [-0.15, -0.1) is 6.58 Å². The van der Waals surface area contributed by atoms with Crippen LogP contribution < -0.4 is 10.1 Å². The predicted molar refractivity (Wildman–Crippen MR) is 71.6 cm³/mol. The Morgan fingerprint density at radius 2 is 2.33 bits per heavy atom. The third-order valence-electron chi connectivity index (χ3n) is 2.87. The van der Waals surface area contributed by atoms with Crippen molar-refractivity contribution < 1.29 is 4.74 Å². The second-order valence-electron chi connectivity index (χ2n) is 4.96. The molecule has 0 unspecified atom stereocenters. The average Bonchev–Trinajstić information content (AvgIpc) is 3.11. The van der Waals surface area contributed by atoms with Crippen LogP contribution in [0.3, 0.4) is 0 Å². The van der Waals surface area contributed by atoms with Crippen molar-refractivity contribution in [2.45, 2.75) is 45.7 Å². The van der Waals surface area contributed by atoms with E-state index >= 15 is 0 Å². The third kappa shape index (κ3) is 4.11. The van der Waals surface area contributed by atoms with Gasteiger partial charge in [0.25, 0.3) is 0 Å². The molecular formula is C14H21N3O. The van der Waals surface area contributed by atoms with Gasteiger partial charge in [-0.3, -0.25) is 0 Å². The Bertz CT molecular complexity index is 427. The fourth-order valence-electron chi connectivity index (χ4n) is 1.58. The molecule has 0 aromatic carbocycles. The Kier molecular flexibility index (Phi) is 4.31. The van der Waals surface area contributed by atoms with E-state index in [4.69, 9.17) is 4.74 Å². The van der Waals surface area contributed by atoms with Crippen LogP contribution in [0.25, 0.3) is 0 Å². The molecule has 1 aromatic rings. The number of aryl methyl sites for hydroxylation is 1. The zero-order chi connectivity index (χ0) is 13.0. The fraction of sp³-hybridized carbons (Fsp3) is 0.571. The summed E-state index contributed by atoms with van der Waals surface area (Å²) in [7, 11) is 0. The van der Waals surface area contributed by atoms with E-state index in [9.17, 15) is 0 Å². The molecule has 0 saturated heterocycles. The second-order valence-corrected chi connectivity index (χ2v) is 4.96. The summed E-state index contributed by atoms with van der Waals surface area (Å²) in [6.45, 7) is 9.16. The van der Waals surface area contributed by atoms with Crippen molar-refractivity contribution in [1.82, 2.24) is 15.3 Å². The Hall–Kier alpha value is -1.42. The van der Waals surface area contributed by atoms with Crippen LogP contribution in [0, 0.1) is 6.92 Å². The molecule has 1 aromatic heterocycles. The van der Waals surface area contributed by atoms with Gasteiger partial charge in [0.1, 0.15) is 5.82 Å². The van der Waals surface area contributed by atoms with Gasteiger partial charge in [0.15, 0.2) is 0 Å². The first-order valence-electron chi connectivity index (χ1n) is 6.48. The summed E-state index contributed by atoms with van der Waals surface area (Å²) in [6.07, 6.45) is 5.27. The lowest BCUT2D eigenvalue weighted by atomic mass is 10.2. The maximum absolute atomic E-state index is 5.73. The Morgan fingerprint density at radius 3 is 3.00 bits per heavy atom. The van der Waals surface area contributed by atoms with E-state index in [0.29, 0.717) is 18.5 Å². The first-order chi connectivity index (χ1) is 8.65. The Morgan fingerprint density at radius 1 is 1.56 bits per heavy atom. The van der Waals surface area contributed by atoms with Gasteiger partial charge in [0.2, 0.25) is 5.88 Å². The smallest absolute Gasteiger partial charge is 0.221 e. The van der Waals surface area contributed by atoms with Gasteiger partial charge >= 0.3 is 0 Å². The molecule has 1 fully saturated rings. The van der Waals surface area contributed by atoms with Crippen molar-refractivity contribution in [1.29, 1.82) is 0 Å². The van der Waals surface area contributed by atoms with Crippen molar-refractivity contribution in [3.05, 3.63) is 29.7 Å². The molecule has 18 heavy (non-hydrogen) atoms. The predicted octanol–water partition coefficient (Wildman–Crippen LogP) is 2.38. The standard InChI is InChI=1S/C14H21N3O/c1-10(2)6-7-18-14-12(8-15-11(3)17-14)9-16-13-4-5-13/h8,13,16H,1,4-7,9H2,2-3H3. The van der Waals surface area contributed by atoms with Crippen LogP contribution in [0.2, 0.25) is 0 Å². The van der Waals surface area contributed by atoms with Crippen LogP contribution >= 0.6 is 0 Å². The van der Waals surface area contributed by atoms with Gasteiger partial charge in [-0.1, -0.05) is 5.57 Å². The van der Waals surface area contributed by atoms with Gasteiger partial charge in [-0.25, -0.2) is 4.98 Å². The number of ether oxygens (including phenoxy) is 1. The van der Waals surface area contributed by atoms with Gasteiger partial charge in [-0.2, -0.15) is 4.98 Å². The normalized spacial score (nSPS) is 14.6. The summed E-state index contributed by atoms with van der Waals surface area (Å²) in [5.41, 5.74) is 2.16. The molecule has 1 N–H and O–H groups in total. The summed E-state index contributed by atoms with van der Waals surface area (Å²) in [5.74, 6) is 1.45. The molecule has 0 radical (unpaired) electrons. The summed E-state index contributed by atoms with van der Waals surface area (Å²) in [6, 6.07) is 0.676. The first kappa shape index (κ1) is 13.0. The van der Waals surface area contributed by atoms with Gasteiger partial charge in [0.05, 0.1) is 6.61 Å². The maximum Gasteiger partial charge on any atom is 0.221 e. The first-order valence-corrected chi connectivity index (χ1v) is 6.48. The monoisotopic (exact) mass is 247 g/mol. The van der Waals surface area contributed by atoms with Gasteiger partial charge in [0, 0.05) is 30.8 Å². The fourth-order valence-corrected chi connectivity index (χ4v) is 1.58. The van der Waals surface area contributed by atoms with Crippen molar-refractivity contribution in [2.75, 3.05) is 6.61 Å². The van der Waals surface area contributed by atoms with Crippen molar-refractivity contribution in [2.24, 2.45) is 0 Å². The largest absolute Gasteiger partial charge is 0.477 e. The topological polar surface area (TPSA) is 47.0 Å². The molecule has 4 nitrogen and oxygen atoms in total. The summed E-state index contributed by atoms with van der Waals surface area (Å²) in [5, 5.41) is 3.45. The quantitative estimate of drug-likeness (QED) is 0.751. The zero-order valence-electron chi connectivity index (χ0n) is 11.2. The van der Waals surface area contributed by atoms with Gasteiger partial charge < -0.3 is 10.1 Å². The lowest BCUT2D eigenvalue weighted by Gasteiger charge is -2.11. The minimum Gasteiger partial charge on any atom is -0.477 e. The molecule has 4 heteroatoms. The molecular weight excluding hydrogens is 226 g/mol. The molecule has 0 spiro atoms. The Balaban J connectivity index is 1.95. The highest BCUT2D eigenvalue weighted by atomic mass is 16.5. The van der Waals surface area contributed by atoms with E-state index in [0.717, 1.165) is 29.9 Å². The lowest BCUT2D eigenvalue weighted by Crippen LogP contribution is -2.17. The Labute approximate surface area is 108 Å². The van der Waals surface area contributed by atoms with Crippen LogP contribution in [-0.2, 0) is 6.54 Å². The number of nitrogens with zero attached hydrogens (tertiary/aromatic N) is 2. The molecule has 2 rings (SSSR count). The molecule has 0 atom stereocenters. The molecule has 98 valence electrons. The van der Waals surface area contributed by atoms with Crippen molar-refractivity contribution >= 4 is 0 Å². The number of aromatic nitrogens is 2. The average molecular weight is 247 g/mol. The van der Waals surface area contributed by atoms with Crippen molar-refractivity contribution in [3.8, 4) is 5.88 Å². The maximum atomic E-state index is 5.73. The molecule has 1 aliphatic carbocycles. The number of hydrogen-bond donors (Lipinski definition) is 1. The highest BCUT2D eigenvalue weighted by Gasteiger charge is 2.21. The van der Waals surface area contributed by atoms with Crippen LogP contribution in [0.1, 0.15) is 37.6 Å². The number of nitrogens with one attached hydrogen (secondary N) is 1. The van der Waals surface area contributed by atoms with Crippen LogP contribution in [-0.4, -0.2) is 22.6 Å². The summed E-state index contributed by atoms with van der Waals surface area (Å²) < 4.78 is 5.73. The van der Waals surface area contributed by atoms with Crippen LogP contribution in [0.5, 0.6) is 5.88 Å². The summed E-state index contributed by atoms with van der Waals surface area (Å²) >= 11 is 0. The summed E-state index contributed by atoms with van der Waals surface area (Å²) in [4.78, 5) is 8.60. The van der Waals surface area contributed by atoms with E-state index in [-0.39, 0.29) is 0 Å². The molecule has 1 heterocycles. The molecule has 0 bridgehead atoms. The highest BCUT2D eigenvalue weighted by molar-refractivity contribution is 5.23. The molecule has 1 saturated carbocycles. The molecule has 0 amide bonds. The van der Waals surface area contributed by atoms with Crippen molar-refractivity contribution in [3.63, 3.8) is 0 Å². The van der Waals surface area contributed by atoms with Gasteiger partial charge in [-0.05, 0) is 26.7 Å².